The second-order valence-corrected chi connectivity index (χ2v) is 4.40. The highest BCUT2D eigenvalue weighted by atomic mass is 16.5. The van der Waals surface area contributed by atoms with Crippen LogP contribution < -0.4 is 0 Å². The molecule has 1 aliphatic rings. The molecule has 0 saturated carbocycles. The van der Waals surface area contributed by atoms with Crippen LogP contribution in [-0.2, 0) is 4.74 Å². The van der Waals surface area contributed by atoms with Gasteiger partial charge in [0.2, 0.25) is 0 Å². The highest BCUT2D eigenvalue weighted by molar-refractivity contribution is 5.79. The number of hydrogen-bond donors (Lipinski definition) is 0. The molecular formula is C14H20N2O. The summed E-state index contributed by atoms with van der Waals surface area (Å²) in [7, 11) is 0. The fourth-order valence-corrected chi connectivity index (χ4v) is 1.85. The van der Waals surface area contributed by atoms with Crippen LogP contribution in [0.15, 0.2) is 29.3 Å². The number of nitrogens with zero attached hydrogens (tertiary/aromatic N) is 2. The number of aliphatic imine (C=N–C) groups is 1. The van der Waals surface area contributed by atoms with Crippen molar-refractivity contribution in [3.8, 4) is 0 Å². The Labute approximate surface area is 103 Å². The molecule has 0 amide bonds. The first-order valence-electron chi connectivity index (χ1n) is 6.21. The van der Waals surface area contributed by atoms with Crippen molar-refractivity contribution in [2.45, 2.75) is 6.92 Å². The van der Waals surface area contributed by atoms with E-state index in [4.69, 9.17) is 4.74 Å². The van der Waals surface area contributed by atoms with E-state index in [2.05, 4.69) is 41.1 Å². The molecule has 92 valence electrons. The maximum atomic E-state index is 5.31. The highest BCUT2D eigenvalue weighted by Crippen LogP contribution is 2.00. The topological polar surface area (TPSA) is 24.8 Å². The van der Waals surface area contributed by atoms with E-state index in [-0.39, 0.29) is 0 Å². The van der Waals surface area contributed by atoms with E-state index in [1.54, 1.807) is 0 Å². The quantitative estimate of drug-likeness (QED) is 0.739. The first-order chi connectivity index (χ1) is 8.34. The van der Waals surface area contributed by atoms with Crippen molar-refractivity contribution in [1.82, 2.24) is 4.90 Å². The molecule has 0 spiro atoms. The Hall–Kier alpha value is -1.19. The van der Waals surface area contributed by atoms with Gasteiger partial charge in [-0.05, 0) is 12.5 Å². The zero-order valence-corrected chi connectivity index (χ0v) is 10.4. The summed E-state index contributed by atoms with van der Waals surface area (Å²) in [6, 6.07) is 8.44. The van der Waals surface area contributed by atoms with Gasteiger partial charge < -0.3 is 4.74 Å². The zero-order chi connectivity index (χ0) is 11.9. The maximum absolute atomic E-state index is 5.31. The zero-order valence-electron chi connectivity index (χ0n) is 10.4. The van der Waals surface area contributed by atoms with Crippen LogP contribution in [0.4, 0.5) is 0 Å². The van der Waals surface area contributed by atoms with Gasteiger partial charge in [-0.2, -0.15) is 0 Å². The standard InChI is InChI=1S/C14H20N2O/c1-13-2-4-14(5-3-13)12-15-6-7-16-8-10-17-11-9-16/h2-5,12H,6-11H2,1H3. The minimum atomic E-state index is 0.863. The van der Waals surface area contributed by atoms with Crippen molar-refractivity contribution in [2.75, 3.05) is 39.4 Å². The lowest BCUT2D eigenvalue weighted by molar-refractivity contribution is 0.0395. The predicted octanol–water partition coefficient (Wildman–Crippen LogP) is 1.75. The Bertz CT molecular complexity index is 353. The van der Waals surface area contributed by atoms with E-state index < -0.39 is 0 Å². The van der Waals surface area contributed by atoms with E-state index in [1.807, 2.05) is 6.21 Å². The van der Waals surface area contributed by atoms with Crippen molar-refractivity contribution in [2.24, 2.45) is 4.99 Å². The molecule has 0 radical (unpaired) electrons. The molecule has 3 nitrogen and oxygen atoms in total. The first kappa shape index (κ1) is 12.3. The van der Waals surface area contributed by atoms with Crippen molar-refractivity contribution >= 4 is 6.21 Å². The van der Waals surface area contributed by atoms with Gasteiger partial charge in [-0.1, -0.05) is 29.8 Å². The molecule has 0 bridgehead atoms. The van der Waals surface area contributed by atoms with Crippen LogP contribution in [0.5, 0.6) is 0 Å². The predicted molar refractivity (Wildman–Crippen MR) is 70.9 cm³/mol. The van der Waals surface area contributed by atoms with Crippen LogP contribution in [0.1, 0.15) is 11.1 Å². The van der Waals surface area contributed by atoms with Gasteiger partial charge in [0.15, 0.2) is 0 Å². The van der Waals surface area contributed by atoms with Crippen molar-refractivity contribution in [1.29, 1.82) is 0 Å². The highest BCUT2D eigenvalue weighted by Gasteiger charge is 2.08. The van der Waals surface area contributed by atoms with Crippen LogP contribution in [0, 0.1) is 6.92 Å². The number of rotatable bonds is 4. The number of morpholine rings is 1. The third-order valence-electron chi connectivity index (χ3n) is 2.97. The molecule has 1 aromatic rings. The van der Waals surface area contributed by atoms with Crippen molar-refractivity contribution in [3.05, 3.63) is 35.4 Å². The van der Waals surface area contributed by atoms with E-state index in [0.29, 0.717) is 0 Å². The molecule has 1 saturated heterocycles. The van der Waals surface area contributed by atoms with Gasteiger partial charge >= 0.3 is 0 Å². The number of ether oxygens (including phenoxy) is 1. The van der Waals surface area contributed by atoms with Gasteiger partial charge in [0.1, 0.15) is 0 Å². The van der Waals surface area contributed by atoms with Gasteiger partial charge in [0.05, 0.1) is 19.8 Å². The fraction of sp³-hybridized carbons (Fsp3) is 0.500. The summed E-state index contributed by atoms with van der Waals surface area (Å²) >= 11 is 0. The molecule has 17 heavy (non-hydrogen) atoms. The number of aryl methyl sites for hydroxylation is 1. The van der Waals surface area contributed by atoms with Crippen LogP contribution in [0.3, 0.4) is 0 Å². The molecule has 0 aliphatic carbocycles. The fourth-order valence-electron chi connectivity index (χ4n) is 1.85. The number of hydrogen-bond acceptors (Lipinski definition) is 3. The van der Waals surface area contributed by atoms with E-state index in [9.17, 15) is 0 Å². The molecule has 0 N–H and O–H groups in total. The van der Waals surface area contributed by atoms with Crippen molar-refractivity contribution < 1.29 is 4.74 Å². The Morgan fingerprint density at radius 3 is 2.65 bits per heavy atom. The molecule has 1 aliphatic heterocycles. The molecule has 2 rings (SSSR count). The van der Waals surface area contributed by atoms with Gasteiger partial charge in [0.25, 0.3) is 0 Å². The molecule has 1 aromatic carbocycles. The molecule has 0 aromatic heterocycles. The summed E-state index contributed by atoms with van der Waals surface area (Å²) in [5.41, 5.74) is 2.47. The second kappa shape index (κ2) is 6.52. The monoisotopic (exact) mass is 232 g/mol. The molecule has 1 fully saturated rings. The molecule has 1 heterocycles. The maximum Gasteiger partial charge on any atom is 0.0594 e. The van der Waals surface area contributed by atoms with Gasteiger partial charge in [-0.15, -0.1) is 0 Å². The first-order valence-corrected chi connectivity index (χ1v) is 6.21. The lowest BCUT2D eigenvalue weighted by atomic mass is 10.2. The Kier molecular flexibility index (Phi) is 4.71. The average Bonchev–Trinajstić information content (AvgIpc) is 2.38. The van der Waals surface area contributed by atoms with Crippen molar-refractivity contribution in [3.63, 3.8) is 0 Å². The molecule has 3 heteroatoms. The largest absolute Gasteiger partial charge is 0.379 e. The third kappa shape index (κ3) is 4.29. The van der Waals surface area contributed by atoms with E-state index in [0.717, 1.165) is 39.4 Å². The molecule has 0 unspecified atom stereocenters. The summed E-state index contributed by atoms with van der Waals surface area (Å²) in [4.78, 5) is 6.86. The van der Waals surface area contributed by atoms with E-state index >= 15 is 0 Å². The summed E-state index contributed by atoms with van der Waals surface area (Å²) in [6.07, 6.45) is 1.96. The third-order valence-corrected chi connectivity index (χ3v) is 2.97. The van der Waals surface area contributed by atoms with Crippen LogP contribution >= 0.6 is 0 Å². The minimum Gasteiger partial charge on any atom is -0.379 e. The molecule has 0 atom stereocenters. The SMILES string of the molecule is Cc1ccc(C=NCCN2CCOCC2)cc1. The Morgan fingerprint density at radius 1 is 1.24 bits per heavy atom. The molecular weight excluding hydrogens is 212 g/mol. The summed E-state index contributed by atoms with van der Waals surface area (Å²) < 4.78 is 5.31. The van der Waals surface area contributed by atoms with Gasteiger partial charge in [-0.3, -0.25) is 9.89 Å². The average molecular weight is 232 g/mol. The van der Waals surface area contributed by atoms with Crippen LogP contribution in [0.2, 0.25) is 0 Å². The summed E-state index contributed by atoms with van der Waals surface area (Å²) in [5.74, 6) is 0. The Balaban J connectivity index is 1.72. The number of benzene rings is 1. The smallest absolute Gasteiger partial charge is 0.0594 e. The van der Waals surface area contributed by atoms with E-state index in [1.165, 1.54) is 11.1 Å². The minimum absolute atomic E-state index is 0.863. The lowest BCUT2D eigenvalue weighted by Gasteiger charge is -2.25. The van der Waals surface area contributed by atoms with Gasteiger partial charge in [-0.25, -0.2) is 0 Å². The summed E-state index contributed by atoms with van der Waals surface area (Å²) in [5, 5.41) is 0. The van der Waals surface area contributed by atoms with Gasteiger partial charge in [0, 0.05) is 25.8 Å². The normalized spacial score (nSPS) is 17.7. The lowest BCUT2D eigenvalue weighted by Crippen LogP contribution is -2.37. The second-order valence-electron chi connectivity index (χ2n) is 4.40. The Morgan fingerprint density at radius 2 is 1.94 bits per heavy atom. The summed E-state index contributed by atoms with van der Waals surface area (Å²) in [6.45, 7) is 7.81. The van der Waals surface area contributed by atoms with Crippen LogP contribution in [-0.4, -0.2) is 50.5 Å². The van der Waals surface area contributed by atoms with Crippen LogP contribution in [0.25, 0.3) is 0 Å².